The number of carboxylic acid groups (broad SMARTS) is 1. The highest BCUT2D eigenvalue weighted by Crippen LogP contribution is 2.35. The maximum Gasteiger partial charge on any atom is 0.338 e. The molecule has 0 unspecified atom stereocenters. The first-order valence-electron chi connectivity index (χ1n) is 12.1. The molecule has 0 radical (unpaired) electrons. The summed E-state index contributed by atoms with van der Waals surface area (Å²) in [5, 5.41) is 9.28. The molecule has 10 heteroatoms. The van der Waals surface area contributed by atoms with Gasteiger partial charge in [-0.15, -0.1) is 0 Å². The lowest BCUT2D eigenvalue weighted by atomic mass is 9.95. The SMILES string of the molecule is CCOC(=O)C1=C(C)N=c2s/c(=C\c3ccc(-c4cccc(C(=O)O)c4)o3)c(=O)n2[C@H]1c1ccccc1OC. The van der Waals surface area contributed by atoms with Gasteiger partial charge in [-0.1, -0.05) is 41.7 Å². The number of benzene rings is 2. The molecule has 2 aromatic heterocycles. The monoisotopic (exact) mass is 544 g/mol. The van der Waals surface area contributed by atoms with Gasteiger partial charge in [-0.3, -0.25) is 9.36 Å². The Morgan fingerprint density at radius 1 is 1.15 bits per heavy atom. The van der Waals surface area contributed by atoms with E-state index in [2.05, 4.69) is 4.99 Å². The Kier molecular flexibility index (Phi) is 7.03. The third-order valence-corrected chi connectivity index (χ3v) is 7.23. The van der Waals surface area contributed by atoms with Gasteiger partial charge in [-0.05, 0) is 44.2 Å². The molecule has 9 nitrogen and oxygen atoms in total. The summed E-state index contributed by atoms with van der Waals surface area (Å²) >= 11 is 1.17. The second kappa shape index (κ2) is 10.6. The fourth-order valence-corrected chi connectivity index (χ4v) is 5.53. The Morgan fingerprint density at radius 3 is 2.69 bits per heavy atom. The number of nitrogens with zero attached hydrogens (tertiary/aromatic N) is 2. The minimum absolute atomic E-state index is 0.142. The van der Waals surface area contributed by atoms with Gasteiger partial charge in [-0.25, -0.2) is 14.6 Å². The van der Waals surface area contributed by atoms with Crippen LogP contribution in [0.1, 0.15) is 41.6 Å². The summed E-state index contributed by atoms with van der Waals surface area (Å²) in [6, 6.07) is 16.2. The van der Waals surface area contributed by atoms with Crippen LogP contribution >= 0.6 is 11.3 Å². The van der Waals surface area contributed by atoms with E-state index in [1.807, 2.05) is 18.2 Å². The van der Waals surface area contributed by atoms with Crippen LogP contribution in [0.4, 0.5) is 0 Å². The first kappa shape index (κ1) is 25.9. The highest BCUT2D eigenvalue weighted by atomic mass is 32.1. The highest BCUT2D eigenvalue weighted by molar-refractivity contribution is 7.07. The lowest BCUT2D eigenvalue weighted by Crippen LogP contribution is -2.40. The summed E-state index contributed by atoms with van der Waals surface area (Å²) in [6.45, 7) is 3.61. The molecule has 0 saturated heterocycles. The van der Waals surface area contributed by atoms with Gasteiger partial charge >= 0.3 is 11.9 Å². The number of para-hydroxylation sites is 1. The number of rotatable bonds is 7. The van der Waals surface area contributed by atoms with E-state index in [0.717, 1.165) is 0 Å². The largest absolute Gasteiger partial charge is 0.496 e. The number of hydrogen-bond donors (Lipinski definition) is 1. The van der Waals surface area contributed by atoms with E-state index in [0.29, 0.717) is 43.4 Å². The Hall–Kier alpha value is -4.70. The molecule has 1 aliphatic heterocycles. The number of furan rings is 1. The fraction of sp³-hybridized carbons (Fsp3) is 0.172. The van der Waals surface area contributed by atoms with Crippen molar-refractivity contribution in [3.05, 3.63) is 109 Å². The van der Waals surface area contributed by atoms with E-state index in [1.54, 1.807) is 50.3 Å². The smallest absolute Gasteiger partial charge is 0.338 e. The molecule has 0 spiro atoms. The third-order valence-electron chi connectivity index (χ3n) is 6.24. The molecule has 1 atom stereocenters. The standard InChI is InChI=1S/C29H24N2O7S/c1-4-37-28(35)24-16(2)30-29-31(25(24)20-10-5-6-11-22(20)36-3)26(32)23(39-29)15-19-12-13-21(38-19)17-8-7-9-18(14-17)27(33)34/h5-15,25H,4H2,1-3H3,(H,33,34)/b23-15-/t25-/m0/s1. The molecular formula is C29H24N2O7S. The van der Waals surface area contributed by atoms with Crippen LogP contribution in [-0.2, 0) is 9.53 Å². The number of carbonyl (C=O) groups excluding carboxylic acids is 1. The van der Waals surface area contributed by atoms with Gasteiger partial charge in [0.1, 0.15) is 23.3 Å². The fourth-order valence-electron chi connectivity index (χ4n) is 4.50. The Labute approximate surface area is 226 Å². The molecule has 5 rings (SSSR count). The summed E-state index contributed by atoms with van der Waals surface area (Å²) in [7, 11) is 1.53. The van der Waals surface area contributed by atoms with Crippen LogP contribution < -0.4 is 19.6 Å². The van der Waals surface area contributed by atoms with E-state index in [9.17, 15) is 19.5 Å². The van der Waals surface area contributed by atoms with Crippen LogP contribution in [0.2, 0.25) is 0 Å². The molecular weight excluding hydrogens is 520 g/mol. The van der Waals surface area contributed by atoms with E-state index in [-0.39, 0.29) is 23.3 Å². The van der Waals surface area contributed by atoms with E-state index >= 15 is 0 Å². The molecule has 0 amide bonds. The van der Waals surface area contributed by atoms with Crippen LogP contribution in [0.25, 0.3) is 17.4 Å². The Morgan fingerprint density at radius 2 is 1.95 bits per heavy atom. The molecule has 0 bridgehead atoms. The van der Waals surface area contributed by atoms with Crippen molar-refractivity contribution >= 4 is 29.4 Å². The number of thiazole rings is 1. The number of methoxy groups -OCH3 is 1. The van der Waals surface area contributed by atoms with Crippen molar-refractivity contribution in [2.75, 3.05) is 13.7 Å². The molecule has 1 N–H and O–H groups in total. The lowest BCUT2D eigenvalue weighted by molar-refractivity contribution is -0.139. The number of carboxylic acids is 1. The average molecular weight is 545 g/mol. The summed E-state index contributed by atoms with van der Waals surface area (Å²) in [4.78, 5) is 43.2. The minimum atomic E-state index is -1.04. The molecule has 0 saturated carbocycles. The maximum atomic E-state index is 13.8. The van der Waals surface area contributed by atoms with Gasteiger partial charge in [0.25, 0.3) is 5.56 Å². The van der Waals surface area contributed by atoms with E-state index in [4.69, 9.17) is 13.9 Å². The molecule has 1 aliphatic rings. The normalized spacial score (nSPS) is 15.1. The quantitative estimate of drug-likeness (QED) is 0.352. The molecule has 0 aliphatic carbocycles. The van der Waals surface area contributed by atoms with Crippen molar-refractivity contribution in [2.45, 2.75) is 19.9 Å². The maximum absolute atomic E-state index is 13.8. The van der Waals surface area contributed by atoms with Crippen molar-refractivity contribution in [2.24, 2.45) is 4.99 Å². The van der Waals surface area contributed by atoms with E-state index < -0.39 is 18.0 Å². The number of carbonyl (C=O) groups is 2. The summed E-state index contributed by atoms with van der Waals surface area (Å²) < 4.78 is 18.7. The van der Waals surface area contributed by atoms with Crippen LogP contribution in [0.15, 0.2) is 86.1 Å². The highest BCUT2D eigenvalue weighted by Gasteiger charge is 2.35. The number of esters is 1. The van der Waals surface area contributed by atoms with E-state index in [1.165, 1.54) is 35.1 Å². The molecule has 0 fully saturated rings. The van der Waals surface area contributed by atoms with Gasteiger partial charge in [0.05, 0.1) is 35.1 Å². The van der Waals surface area contributed by atoms with Gasteiger partial charge < -0.3 is 19.0 Å². The summed E-state index contributed by atoms with van der Waals surface area (Å²) in [5.74, 6) is -0.196. The predicted octanol–water partition coefficient (Wildman–Crippen LogP) is 3.77. The average Bonchev–Trinajstić information content (AvgIpc) is 3.52. The second-order valence-corrected chi connectivity index (χ2v) is 9.64. The van der Waals surface area contributed by atoms with Crippen molar-refractivity contribution in [1.29, 1.82) is 0 Å². The second-order valence-electron chi connectivity index (χ2n) is 8.63. The Bertz CT molecular complexity index is 1810. The van der Waals surface area contributed by atoms with Gasteiger partial charge in [0.2, 0.25) is 0 Å². The molecule has 2 aromatic carbocycles. The molecule has 4 aromatic rings. The zero-order chi connectivity index (χ0) is 27.7. The number of aromatic nitrogens is 1. The first-order chi connectivity index (χ1) is 18.8. The third kappa shape index (κ3) is 4.82. The Balaban J connectivity index is 1.64. The predicted molar refractivity (Wildman–Crippen MR) is 144 cm³/mol. The van der Waals surface area contributed by atoms with Crippen molar-refractivity contribution in [3.8, 4) is 17.1 Å². The van der Waals surface area contributed by atoms with Crippen LogP contribution in [0, 0.1) is 0 Å². The molecule has 3 heterocycles. The summed E-state index contributed by atoms with van der Waals surface area (Å²) in [6.07, 6.45) is 1.61. The molecule has 198 valence electrons. The zero-order valence-electron chi connectivity index (χ0n) is 21.3. The summed E-state index contributed by atoms with van der Waals surface area (Å²) in [5.41, 5.74) is 1.73. The minimum Gasteiger partial charge on any atom is -0.496 e. The zero-order valence-corrected chi connectivity index (χ0v) is 22.2. The first-order valence-corrected chi connectivity index (χ1v) is 12.9. The van der Waals surface area contributed by atoms with Gasteiger partial charge in [0.15, 0.2) is 4.80 Å². The van der Waals surface area contributed by atoms with Gasteiger partial charge in [-0.2, -0.15) is 0 Å². The lowest BCUT2D eigenvalue weighted by Gasteiger charge is -2.25. The van der Waals surface area contributed by atoms with Crippen LogP contribution in [0.3, 0.4) is 0 Å². The number of aromatic carboxylic acids is 1. The number of hydrogen-bond acceptors (Lipinski definition) is 8. The number of allylic oxidation sites excluding steroid dienone is 1. The van der Waals surface area contributed by atoms with Gasteiger partial charge in [0, 0.05) is 17.2 Å². The van der Waals surface area contributed by atoms with Crippen LogP contribution in [0.5, 0.6) is 5.75 Å². The molecule has 39 heavy (non-hydrogen) atoms. The van der Waals surface area contributed by atoms with Crippen molar-refractivity contribution in [1.82, 2.24) is 4.57 Å². The topological polar surface area (TPSA) is 120 Å². The van der Waals surface area contributed by atoms with Crippen molar-refractivity contribution < 1.29 is 28.6 Å². The van der Waals surface area contributed by atoms with Crippen molar-refractivity contribution in [3.63, 3.8) is 0 Å². The van der Waals surface area contributed by atoms with Crippen LogP contribution in [-0.4, -0.2) is 35.3 Å². The number of fused-ring (bicyclic) bond motifs is 1. The number of ether oxygens (including phenoxy) is 2.